The Kier molecular flexibility index (Phi) is 4.85. The summed E-state index contributed by atoms with van der Waals surface area (Å²) in [5, 5.41) is 9.82. The van der Waals surface area contributed by atoms with Gasteiger partial charge in [0, 0.05) is 18.0 Å². The molecule has 28 heavy (non-hydrogen) atoms. The molecule has 1 atom stereocenters. The van der Waals surface area contributed by atoms with Crippen LogP contribution in [-0.2, 0) is 11.2 Å². The second-order valence-corrected chi connectivity index (χ2v) is 8.29. The summed E-state index contributed by atoms with van der Waals surface area (Å²) in [4.78, 5) is 16.3. The highest BCUT2D eigenvalue weighted by Crippen LogP contribution is 2.42. The van der Waals surface area contributed by atoms with Crippen LogP contribution in [0.5, 0.6) is 0 Å². The number of carbonyl (C=O) groups excluding carboxylic acids is 1. The number of rotatable bonds is 5. The molecule has 7 heteroatoms. The molecule has 2 heterocycles. The number of halogens is 1. The van der Waals surface area contributed by atoms with Gasteiger partial charge in [-0.25, -0.2) is 14.1 Å². The van der Waals surface area contributed by atoms with Crippen molar-refractivity contribution in [2.75, 3.05) is 5.32 Å². The Hall–Kier alpha value is -2.80. The molecule has 1 unspecified atom stereocenters. The van der Waals surface area contributed by atoms with Crippen molar-refractivity contribution in [3.63, 3.8) is 0 Å². The average Bonchev–Trinajstić information content (AvgIpc) is 3.31. The largest absolute Gasteiger partial charge is 0.302 e. The topological polar surface area (TPSA) is 59.8 Å². The summed E-state index contributed by atoms with van der Waals surface area (Å²) in [6, 6.07) is 6.33. The van der Waals surface area contributed by atoms with Crippen LogP contribution in [0.2, 0.25) is 0 Å². The Bertz CT molecular complexity index is 1020. The third kappa shape index (κ3) is 3.62. The molecule has 1 N–H and O–H groups in total. The number of allylic oxidation sites excluding steroid dienone is 1. The van der Waals surface area contributed by atoms with Gasteiger partial charge in [-0.05, 0) is 61.1 Å². The first-order valence-electron chi connectivity index (χ1n) is 9.16. The van der Waals surface area contributed by atoms with Gasteiger partial charge in [0.05, 0.1) is 17.6 Å². The van der Waals surface area contributed by atoms with E-state index in [0.29, 0.717) is 11.6 Å². The lowest BCUT2D eigenvalue weighted by Gasteiger charge is -2.34. The smallest absolute Gasteiger partial charge is 0.226 e. The van der Waals surface area contributed by atoms with Crippen molar-refractivity contribution in [3.8, 4) is 5.69 Å². The number of hydrogen-bond acceptors (Lipinski definition) is 4. The number of carbonyl (C=O) groups is 1. The third-order valence-electron chi connectivity index (χ3n) is 5.43. The van der Waals surface area contributed by atoms with E-state index in [1.54, 1.807) is 18.3 Å². The van der Waals surface area contributed by atoms with Gasteiger partial charge in [-0.3, -0.25) is 4.79 Å². The lowest BCUT2D eigenvalue weighted by atomic mass is 9.71. The fourth-order valence-electron chi connectivity index (χ4n) is 3.55. The highest BCUT2D eigenvalue weighted by molar-refractivity contribution is 7.13. The van der Waals surface area contributed by atoms with E-state index in [2.05, 4.69) is 35.3 Å². The molecular formula is C21H21FN4OS. The molecule has 1 aromatic carbocycles. The predicted molar refractivity (Wildman–Crippen MR) is 109 cm³/mol. The SMILES string of the molecule is CC1=Cc2c(cnn2-c2ccc(F)cc2)CC1(C)CCC(=O)Nc1nccs1. The molecule has 144 valence electrons. The first-order chi connectivity index (χ1) is 13.4. The number of aromatic nitrogens is 3. The molecule has 0 spiro atoms. The fourth-order valence-corrected chi connectivity index (χ4v) is 4.10. The van der Waals surface area contributed by atoms with Gasteiger partial charge in [0.15, 0.2) is 5.13 Å². The van der Waals surface area contributed by atoms with Crippen molar-refractivity contribution in [2.45, 2.75) is 33.1 Å². The zero-order chi connectivity index (χ0) is 19.7. The molecule has 1 amide bonds. The Balaban J connectivity index is 1.50. The lowest BCUT2D eigenvalue weighted by Crippen LogP contribution is -2.26. The molecule has 0 bridgehead atoms. The van der Waals surface area contributed by atoms with Crippen LogP contribution in [0.25, 0.3) is 11.8 Å². The highest BCUT2D eigenvalue weighted by atomic mass is 32.1. The minimum absolute atomic E-state index is 0.0169. The van der Waals surface area contributed by atoms with Gasteiger partial charge < -0.3 is 5.32 Å². The number of fused-ring (bicyclic) bond motifs is 1. The first-order valence-corrected chi connectivity index (χ1v) is 10.0. The van der Waals surface area contributed by atoms with Crippen LogP contribution in [0.3, 0.4) is 0 Å². The van der Waals surface area contributed by atoms with Crippen LogP contribution < -0.4 is 5.32 Å². The predicted octanol–water partition coefficient (Wildman–Crippen LogP) is 4.85. The summed E-state index contributed by atoms with van der Waals surface area (Å²) < 4.78 is 15.1. The van der Waals surface area contributed by atoms with E-state index in [1.807, 2.05) is 16.3 Å². The summed E-state index contributed by atoms with van der Waals surface area (Å²) in [5.41, 5.74) is 4.10. The van der Waals surface area contributed by atoms with E-state index in [-0.39, 0.29) is 17.1 Å². The average molecular weight is 396 g/mol. The van der Waals surface area contributed by atoms with Gasteiger partial charge in [-0.1, -0.05) is 12.5 Å². The fraction of sp³-hybridized carbons (Fsp3) is 0.286. The minimum atomic E-state index is -0.264. The Morgan fingerprint density at radius 3 is 2.86 bits per heavy atom. The van der Waals surface area contributed by atoms with Crippen LogP contribution >= 0.6 is 11.3 Å². The molecule has 0 aliphatic heterocycles. The summed E-state index contributed by atoms with van der Waals surface area (Å²) >= 11 is 1.42. The standard InChI is InChI=1S/C21H21FN4OS/c1-14-11-18-15(13-24-26(18)17-5-3-16(22)4-6-17)12-21(14,2)8-7-19(27)25-20-23-9-10-28-20/h3-6,9-11,13H,7-8,12H2,1-2H3,(H,23,25,27). The van der Waals surface area contributed by atoms with E-state index in [9.17, 15) is 9.18 Å². The molecule has 2 aromatic heterocycles. The number of amides is 1. The second-order valence-electron chi connectivity index (χ2n) is 7.39. The van der Waals surface area contributed by atoms with Crippen LogP contribution in [0.4, 0.5) is 9.52 Å². The van der Waals surface area contributed by atoms with Gasteiger partial charge in [0.25, 0.3) is 0 Å². The third-order valence-corrected chi connectivity index (χ3v) is 6.11. The highest BCUT2D eigenvalue weighted by Gasteiger charge is 2.33. The van der Waals surface area contributed by atoms with Gasteiger partial charge in [0.2, 0.25) is 5.91 Å². The molecule has 3 aromatic rings. The molecule has 0 fully saturated rings. The van der Waals surface area contributed by atoms with E-state index >= 15 is 0 Å². The Morgan fingerprint density at radius 2 is 2.14 bits per heavy atom. The molecule has 1 aliphatic rings. The lowest BCUT2D eigenvalue weighted by molar-refractivity contribution is -0.116. The second kappa shape index (κ2) is 7.31. The Morgan fingerprint density at radius 1 is 1.36 bits per heavy atom. The van der Waals surface area contributed by atoms with Crippen molar-refractivity contribution in [1.82, 2.24) is 14.8 Å². The van der Waals surface area contributed by atoms with E-state index in [1.165, 1.54) is 29.0 Å². The number of thiazole rings is 1. The zero-order valence-electron chi connectivity index (χ0n) is 15.8. The number of nitrogens with one attached hydrogen (secondary N) is 1. The summed E-state index contributed by atoms with van der Waals surface area (Å²) in [6.45, 7) is 4.29. The van der Waals surface area contributed by atoms with Gasteiger partial charge in [-0.2, -0.15) is 5.10 Å². The molecular weight excluding hydrogens is 375 g/mol. The molecule has 5 nitrogen and oxygen atoms in total. The number of hydrogen-bond donors (Lipinski definition) is 1. The summed E-state index contributed by atoms with van der Waals surface area (Å²) in [7, 11) is 0. The number of benzene rings is 1. The van der Waals surface area contributed by atoms with Crippen LogP contribution in [0.15, 0.2) is 47.6 Å². The van der Waals surface area contributed by atoms with Crippen molar-refractivity contribution in [2.24, 2.45) is 5.41 Å². The maximum atomic E-state index is 13.2. The van der Waals surface area contributed by atoms with Crippen LogP contribution in [0, 0.1) is 11.2 Å². The van der Waals surface area contributed by atoms with E-state index < -0.39 is 0 Å². The number of anilines is 1. The van der Waals surface area contributed by atoms with Crippen LogP contribution in [-0.4, -0.2) is 20.7 Å². The normalized spacial score (nSPS) is 18.5. The van der Waals surface area contributed by atoms with E-state index in [0.717, 1.165) is 29.8 Å². The van der Waals surface area contributed by atoms with Gasteiger partial charge >= 0.3 is 0 Å². The van der Waals surface area contributed by atoms with Crippen LogP contribution in [0.1, 0.15) is 37.9 Å². The monoisotopic (exact) mass is 396 g/mol. The van der Waals surface area contributed by atoms with Gasteiger partial charge in [0.1, 0.15) is 5.82 Å². The Labute approximate surface area is 166 Å². The quantitative estimate of drug-likeness (QED) is 0.670. The van der Waals surface area contributed by atoms with Crippen molar-refractivity contribution < 1.29 is 9.18 Å². The van der Waals surface area contributed by atoms with Gasteiger partial charge in [-0.15, -0.1) is 11.3 Å². The molecule has 0 saturated carbocycles. The summed E-state index contributed by atoms with van der Waals surface area (Å²) in [6.07, 6.45) is 7.67. The summed E-state index contributed by atoms with van der Waals surface area (Å²) in [5.74, 6) is -0.281. The van der Waals surface area contributed by atoms with Crippen molar-refractivity contribution >= 4 is 28.5 Å². The van der Waals surface area contributed by atoms with Crippen molar-refractivity contribution in [1.29, 1.82) is 0 Å². The van der Waals surface area contributed by atoms with E-state index in [4.69, 9.17) is 0 Å². The van der Waals surface area contributed by atoms with Crippen molar-refractivity contribution in [3.05, 3.63) is 64.7 Å². The molecule has 1 aliphatic carbocycles. The molecule has 0 radical (unpaired) electrons. The molecule has 0 saturated heterocycles. The minimum Gasteiger partial charge on any atom is -0.302 e. The maximum Gasteiger partial charge on any atom is 0.226 e. The molecule has 4 rings (SSSR count). The number of nitrogens with zero attached hydrogens (tertiary/aromatic N) is 3. The zero-order valence-corrected chi connectivity index (χ0v) is 16.6. The first kappa shape index (κ1) is 18.6. The maximum absolute atomic E-state index is 13.2.